The van der Waals surface area contributed by atoms with E-state index in [1.54, 1.807) is 0 Å². The van der Waals surface area contributed by atoms with E-state index in [4.69, 9.17) is 19.3 Å². The molecule has 5 saturated heterocycles. The third-order valence-electron chi connectivity index (χ3n) is 15.0. The van der Waals surface area contributed by atoms with Gasteiger partial charge in [-0.3, -0.25) is 42.5 Å². The summed E-state index contributed by atoms with van der Waals surface area (Å²) in [6.45, 7) is 2.65. The van der Waals surface area contributed by atoms with E-state index >= 15 is 0 Å². The van der Waals surface area contributed by atoms with Crippen LogP contribution in [0.15, 0.2) is 0 Å². The normalized spacial score (nSPS) is 49.0. The van der Waals surface area contributed by atoms with Crippen molar-refractivity contribution in [1.29, 1.82) is 0 Å². The number of hydrogen-bond acceptors (Lipinski definition) is 12. The van der Waals surface area contributed by atoms with E-state index in [-0.39, 0.29) is 42.1 Å². The van der Waals surface area contributed by atoms with Gasteiger partial charge in [-0.05, 0) is 92.8 Å². The summed E-state index contributed by atoms with van der Waals surface area (Å²) in [6, 6.07) is 0. The topological polar surface area (TPSA) is 144 Å². The van der Waals surface area contributed by atoms with Gasteiger partial charge in [0.05, 0.1) is 95.1 Å². The molecule has 9 N–H and O–H groups in total. The first-order valence-electron chi connectivity index (χ1n) is 21.2. The van der Waals surface area contributed by atoms with Gasteiger partial charge in [-0.1, -0.05) is 44.9 Å². The van der Waals surface area contributed by atoms with Gasteiger partial charge in [-0.15, -0.1) is 0 Å². The van der Waals surface area contributed by atoms with Crippen molar-refractivity contribution in [3.63, 3.8) is 0 Å². The average molecular weight is 765 g/mol. The molecule has 13 heteroatoms. The first-order chi connectivity index (χ1) is 24.7. The molecule has 9 rings (SSSR count). The fraction of sp³-hybridized carbons (Fsp3) is 1.00. The second-order valence-corrected chi connectivity index (χ2v) is 17.5. The molecule has 17 unspecified atom stereocenters. The average Bonchev–Trinajstić information content (AvgIpc) is 3.89. The van der Waals surface area contributed by atoms with Gasteiger partial charge in [-0.25, -0.2) is 0 Å². The van der Waals surface area contributed by atoms with Gasteiger partial charge < -0.3 is 19.3 Å². The molecular weight excluding hydrogens is 696 g/mol. The summed E-state index contributed by atoms with van der Waals surface area (Å²) >= 11 is 0. The van der Waals surface area contributed by atoms with Gasteiger partial charge in [0.15, 0.2) is 0 Å². The molecule has 0 aromatic heterocycles. The summed E-state index contributed by atoms with van der Waals surface area (Å²) in [5, 5.41) is 42.8. The number of fused-ring (bicyclic) bond motifs is 20. The van der Waals surface area contributed by atoms with E-state index in [2.05, 4.69) is 42.5 Å². The Morgan fingerprint density at radius 2 is 0.706 bits per heavy atom. The summed E-state index contributed by atoms with van der Waals surface area (Å²) in [4.78, 5) is 0. The first-order valence-corrected chi connectivity index (χ1v) is 21.2. The molecule has 5 heterocycles. The van der Waals surface area contributed by atoms with Gasteiger partial charge in [0.2, 0.25) is 0 Å². The van der Waals surface area contributed by atoms with Crippen LogP contribution in [0.5, 0.6) is 0 Å². The molecule has 0 aromatic rings. The zero-order valence-corrected chi connectivity index (χ0v) is 31.6. The first kappa shape index (κ1) is 37.9. The van der Waals surface area contributed by atoms with Crippen LogP contribution in [-0.4, -0.2) is 100 Å². The van der Waals surface area contributed by atoms with Crippen molar-refractivity contribution in [3.8, 4) is 0 Å². The maximum Gasteiger partial charge on any atom is 0.0704 e. The van der Waals surface area contributed by atoms with Crippen molar-refractivity contribution in [1.82, 2.24) is 42.5 Å². The van der Waals surface area contributed by atoms with Gasteiger partial charge >= 0.3 is 0 Å². The van der Waals surface area contributed by atoms with E-state index in [1.165, 1.54) is 89.9 Å². The van der Waals surface area contributed by atoms with Crippen LogP contribution < -0.4 is 42.5 Å². The Morgan fingerprint density at radius 1 is 0.373 bits per heavy atom. The van der Waals surface area contributed by atoms with Crippen LogP contribution in [-0.2, 0) is 31.3 Å². The second-order valence-electron chi connectivity index (χ2n) is 17.5. The molecule has 4 aliphatic carbocycles. The maximum absolute atomic E-state index is 8.95. The van der Waals surface area contributed by atoms with Crippen LogP contribution in [0.4, 0.5) is 0 Å². The van der Waals surface area contributed by atoms with Crippen molar-refractivity contribution in [3.05, 3.63) is 0 Å². The van der Waals surface area contributed by atoms with E-state index < -0.39 is 0 Å². The van der Waals surface area contributed by atoms with Crippen LogP contribution >= 0.6 is 0 Å². The van der Waals surface area contributed by atoms with E-state index in [0.29, 0.717) is 117 Å². The molecule has 17 atom stereocenters. The molecule has 4 saturated carbocycles. The van der Waals surface area contributed by atoms with Gasteiger partial charge in [0, 0.05) is 23.0 Å². The van der Waals surface area contributed by atoms with E-state index in [0.717, 1.165) is 6.42 Å². The summed E-state index contributed by atoms with van der Waals surface area (Å²) in [5.41, 5.74) is 0. The summed E-state index contributed by atoms with van der Waals surface area (Å²) in [5.74, 6) is 4.96. The zero-order valence-electron chi connectivity index (χ0n) is 30.6. The van der Waals surface area contributed by atoms with Crippen LogP contribution in [0.25, 0.3) is 0 Å². The fourth-order valence-corrected chi connectivity index (χ4v) is 12.8. The minimum atomic E-state index is 0. The summed E-state index contributed by atoms with van der Waals surface area (Å²) < 4.78 is 17.9. The standard InChI is InChI=1S/C38H68N8O4.Cu/c47-16-17-48-18-19-49-20-21-50-29-15-7-14-28-30(29)38-45-36-27-13-6-5-12-26(27)34(43-36)41-32-23-9-2-1-8-22(23)31(39-32)40-33-24-10-3-4-11-25(24)35(42-33)44-37(28)46-38;/h22-47H,1-21H2;. The molecular formula is C38H68CuN8O4. The Morgan fingerprint density at radius 3 is 1.12 bits per heavy atom. The molecule has 0 spiro atoms. The van der Waals surface area contributed by atoms with Gasteiger partial charge in [-0.2, -0.15) is 0 Å². The Balaban J connectivity index is 0.00000374. The van der Waals surface area contributed by atoms with Crippen molar-refractivity contribution < 1.29 is 36.4 Å². The number of nitrogens with one attached hydrogen (secondary N) is 8. The summed E-state index contributed by atoms with van der Waals surface area (Å²) in [7, 11) is 0. The molecule has 0 aromatic carbocycles. The molecule has 5 aliphatic heterocycles. The van der Waals surface area contributed by atoms with Crippen LogP contribution in [0, 0.1) is 47.3 Å². The minimum Gasteiger partial charge on any atom is -0.394 e. The number of aliphatic hydroxyl groups excluding tert-OH is 1. The van der Waals surface area contributed by atoms with E-state index in [1.807, 2.05) is 0 Å². The van der Waals surface area contributed by atoms with Gasteiger partial charge in [0.25, 0.3) is 0 Å². The monoisotopic (exact) mass is 763 g/mol. The quantitative estimate of drug-likeness (QED) is 0.125. The smallest absolute Gasteiger partial charge is 0.0704 e. The van der Waals surface area contributed by atoms with Crippen molar-refractivity contribution in [2.45, 2.75) is 152 Å². The number of aliphatic hydroxyl groups is 1. The molecule has 8 bridgehead atoms. The Hall–Kier alpha value is 0.0395. The number of ether oxygens (including phenoxy) is 3. The third-order valence-corrected chi connectivity index (χ3v) is 15.0. The van der Waals surface area contributed by atoms with Crippen molar-refractivity contribution in [2.75, 3.05) is 39.6 Å². The predicted molar refractivity (Wildman–Crippen MR) is 191 cm³/mol. The molecule has 12 nitrogen and oxygen atoms in total. The number of rotatable bonds is 9. The Bertz CT molecular complexity index is 1110. The predicted octanol–water partition coefficient (Wildman–Crippen LogP) is 1.62. The number of hydrogen-bond donors (Lipinski definition) is 9. The van der Waals surface area contributed by atoms with Crippen LogP contribution in [0.1, 0.15) is 96.3 Å². The van der Waals surface area contributed by atoms with E-state index in [9.17, 15) is 0 Å². The molecule has 0 amide bonds. The molecule has 9 aliphatic rings. The Kier molecular flexibility index (Phi) is 13.0. The SMILES string of the molecule is OCCOCCOCCOC1CCCC2C3NC4NC(NC5NC(NC6NC(NC(N3)C12)C1CCCCC61)C1CCCCC51)C1CCCCC41.[Cu]. The maximum atomic E-state index is 8.95. The molecule has 1 radical (unpaired) electrons. The largest absolute Gasteiger partial charge is 0.394 e. The van der Waals surface area contributed by atoms with Crippen molar-refractivity contribution >= 4 is 0 Å². The molecule has 51 heavy (non-hydrogen) atoms. The van der Waals surface area contributed by atoms with Crippen LogP contribution in [0.3, 0.4) is 0 Å². The molecule has 9 fully saturated rings. The van der Waals surface area contributed by atoms with Crippen LogP contribution in [0.2, 0.25) is 0 Å². The molecule has 295 valence electrons. The Labute approximate surface area is 316 Å². The minimum absolute atomic E-state index is 0. The third kappa shape index (κ3) is 7.88. The summed E-state index contributed by atoms with van der Waals surface area (Å²) in [6.07, 6.45) is 22.3. The second kappa shape index (κ2) is 17.5. The fourth-order valence-electron chi connectivity index (χ4n) is 12.8. The van der Waals surface area contributed by atoms with Gasteiger partial charge in [0.1, 0.15) is 0 Å². The zero-order chi connectivity index (χ0) is 33.4. The van der Waals surface area contributed by atoms with Crippen molar-refractivity contribution in [2.24, 2.45) is 47.3 Å².